The van der Waals surface area contributed by atoms with Crippen molar-refractivity contribution < 1.29 is 19.1 Å². The Bertz CT molecular complexity index is 582. The first-order valence-corrected chi connectivity index (χ1v) is 8.34. The molecule has 132 valence electrons. The number of hydrogen-bond donors (Lipinski definition) is 2. The van der Waals surface area contributed by atoms with Gasteiger partial charge in [0.05, 0.1) is 5.60 Å². The molecule has 1 aliphatic carbocycles. The van der Waals surface area contributed by atoms with Crippen LogP contribution >= 0.6 is 0 Å². The summed E-state index contributed by atoms with van der Waals surface area (Å²) in [4.78, 5) is 23.6. The molecular formula is C18H26N2O4. The summed E-state index contributed by atoms with van der Waals surface area (Å²) in [6.07, 6.45) is 1.92. The number of rotatable bonds is 9. The normalized spacial score (nSPS) is 14.1. The van der Waals surface area contributed by atoms with E-state index in [-0.39, 0.29) is 24.3 Å². The zero-order chi connectivity index (χ0) is 17.6. The van der Waals surface area contributed by atoms with Gasteiger partial charge in [0.25, 0.3) is 5.91 Å². The first kappa shape index (κ1) is 18.3. The van der Waals surface area contributed by atoms with E-state index in [0.717, 1.165) is 12.8 Å². The number of hydrogen-bond acceptors (Lipinski definition) is 4. The molecule has 2 N–H and O–H groups in total. The van der Waals surface area contributed by atoms with Crippen LogP contribution in [0.15, 0.2) is 24.3 Å². The Morgan fingerprint density at radius 3 is 2.71 bits per heavy atom. The predicted molar refractivity (Wildman–Crippen MR) is 92.0 cm³/mol. The fourth-order valence-corrected chi connectivity index (χ4v) is 2.21. The second-order valence-electron chi connectivity index (χ2n) is 6.55. The molecule has 0 spiro atoms. The highest BCUT2D eigenvalue weighted by molar-refractivity contribution is 5.94. The van der Waals surface area contributed by atoms with Crippen molar-refractivity contribution in [2.45, 2.75) is 39.2 Å². The lowest BCUT2D eigenvalue weighted by molar-refractivity contribution is -0.124. The van der Waals surface area contributed by atoms with E-state index in [0.29, 0.717) is 24.6 Å². The smallest absolute Gasteiger partial charge is 0.258 e. The molecule has 0 heterocycles. The molecule has 0 radical (unpaired) electrons. The molecule has 1 aromatic carbocycles. The molecule has 24 heavy (non-hydrogen) atoms. The fourth-order valence-electron chi connectivity index (χ4n) is 2.21. The molecule has 1 saturated carbocycles. The molecule has 1 fully saturated rings. The SMILES string of the molecule is CCOC(C)(C)CNC(=O)COc1cccc(NC(=O)C2CC2)c1. The van der Waals surface area contributed by atoms with Gasteiger partial charge in [-0.1, -0.05) is 6.07 Å². The topological polar surface area (TPSA) is 76.7 Å². The minimum absolute atomic E-state index is 0.0445. The first-order chi connectivity index (χ1) is 11.4. The lowest BCUT2D eigenvalue weighted by Gasteiger charge is -2.24. The molecule has 2 amide bonds. The van der Waals surface area contributed by atoms with Crippen molar-refractivity contribution in [1.29, 1.82) is 0 Å². The van der Waals surface area contributed by atoms with Crippen molar-refractivity contribution in [2.75, 3.05) is 25.1 Å². The molecule has 6 nitrogen and oxygen atoms in total. The standard InChI is InChI=1S/C18H26N2O4/c1-4-24-18(2,3)12-19-16(21)11-23-15-7-5-6-14(10-15)20-17(22)13-8-9-13/h5-7,10,13H,4,8-9,11-12H2,1-3H3,(H,19,21)(H,20,22). The maximum Gasteiger partial charge on any atom is 0.258 e. The predicted octanol–water partition coefficient (Wildman–Crippen LogP) is 2.35. The van der Waals surface area contributed by atoms with Gasteiger partial charge in [0.1, 0.15) is 5.75 Å². The maximum absolute atomic E-state index is 11.9. The highest BCUT2D eigenvalue weighted by Crippen LogP contribution is 2.30. The van der Waals surface area contributed by atoms with Crippen LogP contribution in [0.2, 0.25) is 0 Å². The van der Waals surface area contributed by atoms with E-state index in [1.165, 1.54) is 0 Å². The molecule has 2 rings (SSSR count). The van der Waals surface area contributed by atoms with Gasteiger partial charge >= 0.3 is 0 Å². The van der Waals surface area contributed by atoms with Crippen LogP contribution in [0.5, 0.6) is 5.75 Å². The van der Waals surface area contributed by atoms with Crippen LogP contribution in [0.3, 0.4) is 0 Å². The van der Waals surface area contributed by atoms with Crippen molar-refractivity contribution in [3.05, 3.63) is 24.3 Å². The average molecular weight is 334 g/mol. The third kappa shape index (κ3) is 6.20. The van der Waals surface area contributed by atoms with Gasteiger partial charge in [-0.15, -0.1) is 0 Å². The molecule has 0 saturated heterocycles. The molecule has 0 aliphatic heterocycles. The van der Waals surface area contributed by atoms with Crippen LogP contribution in [0.4, 0.5) is 5.69 Å². The number of benzene rings is 1. The molecule has 6 heteroatoms. The summed E-state index contributed by atoms with van der Waals surface area (Å²) in [5, 5.41) is 5.64. The molecule has 1 aliphatic rings. The molecule has 0 bridgehead atoms. The number of anilines is 1. The van der Waals surface area contributed by atoms with Crippen molar-refractivity contribution in [1.82, 2.24) is 5.32 Å². The van der Waals surface area contributed by atoms with E-state index in [4.69, 9.17) is 9.47 Å². The van der Waals surface area contributed by atoms with E-state index < -0.39 is 5.60 Å². The second kappa shape index (κ2) is 8.15. The summed E-state index contributed by atoms with van der Waals surface area (Å²) in [7, 11) is 0. The van der Waals surface area contributed by atoms with Gasteiger partial charge in [-0.2, -0.15) is 0 Å². The summed E-state index contributed by atoms with van der Waals surface area (Å²) in [5.41, 5.74) is 0.277. The Balaban J connectivity index is 1.76. The summed E-state index contributed by atoms with van der Waals surface area (Å²) >= 11 is 0. The molecule has 1 aromatic rings. The molecule has 0 atom stereocenters. The van der Waals surface area contributed by atoms with Gasteiger partial charge in [-0.05, 0) is 45.7 Å². The lowest BCUT2D eigenvalue weighted by atomic mass is 10.1. The van der Waals surface area contributed by atoms with Crippen molar-refractivity contribution in [2.24, 2.45) is 5.92 Å². The first-order valence-electron chi connectivity index (χ1n) is 8.34. The van der Waals surface area contributed by atoms with E-state index in [9.17, 15) is 9.59 Å². The van der Waals surface area contributed by atoms with Crippen LogP contribution in [0, 0.1) is 5.92 Å². The van der Waals surface area contributed by atoms with Crippen LogP contribution < -0.4 is 15.4 Å². The number of carbonyl (C=O) groups is 2. The summed E-state index contributed by atoms with van der Waals surface area (Å²) in [6, 6.07) is 7.06. The van der Waals surface area contributed by atoms with Crippen LogP contribution in [-0.4, -0.2) is 37.2 Å². The average Bonchev–Trinajstić information content (AvgIpc) is 3.36. The van der Waals surface area contributed by atoms with E-state index >= 15 is 0 Å². The van der Waals surface area contributed by atoms with E-state index in [1.54, 1.807) is 24.3 Å². The lowest BCUT2D eigenvalue weighted by Crippen LogP contribution is -2.42. The number of nitrogens with one attached hydrogen (secondary N) is 2. The van der Waals surface area contributed by atoms with Gasteiger partial charge < -0.3 is 20.1 Å². The van der Waals surface area contributed by atoms with Crippen molar-refractivity contribution >= 4 is 17.5 Å². The number of carbonyl (C=O) groups excluding carboxylic acids is 2. The highest BCUT2D eigenvalue weighted by atomic mass is 16.5. The second-order valence-corrected chi connectivity index (χ2v) is 6.55. The largest absolute Gasteiger partial charge is 0.484 e. The minimum atomic E-state index is -0.405. The monoisotopic (exact) mass is 334 g/mol. The van der Waals surface area contributed by atoms with Crippen LogP contribution in [0.1, 0.15) is 33.6 Å². The van der Waals surface area contributed by atoms with E-state index in [1.807, 2.05) is 20.8 Å². The minimum Gasteiger partial charge on any atom is -0.484 e. The van der Waals surface area contributed by atoms with Gasteiger partial charge in [-0.25, -0.2) is 0 Å². The third-order valence-electron chi connectivity index (χ3n) is 3.67. The summed E-state index contributed by atoms with van der Waals surface area (Å²) < 4.78 is 11.0. The Morgan fingerprint density at radius 2 is 2.04 bits per heavy atom. The van der Waals surface area contributed by atoms with E-state index in [2.05, 4.69) is 10.6 Å². The number of ether oxygens (including phenoxy) is 2. The van der Waals surface area contributed by atoms with Crippen LogP contribution in [-0.2, 0) is 14.3 Å². The fraction of sp³-hybridized carbons (Fsp3) is 0.556. The zero-order valence-electron chi connectivity index (χ0n) is 14.6. The van der Waals surface area contributed by atoms with Crippen molar-refractivity contribution in [3.63, 3.8) is 0 Å². The number of amides is 2. The third-order valence-corrected chi connectivity index (χ3v) is 3.67. The Hall–Kier alpha value is -2.08. The summed E-state index contributed by atoms with van der Waals surface area (Å²) in [5.74, 6) is 0.523. The Labute approximate surface area is 142 Å². The molecule has 0 unspecified atom stereocenters. The summed E-state index contributed by atoms with van der Waals surface area (Å²) in [6.45, 7) is 6.69. The van der Waals surface area contributed by atoms with Gasteiger partial charge in [0.2, 0.25) is 5.91 Å². The quantitative estimate of drug-likeness (QED) is 0.727. The highest BCUT2D eigenvalue weighted by Gasteiger charge is 2.29. The molecule has 0 aromatic heterocycles. The van der Waals surface area contributed by atoms with Crippen molar-refractivity contribution in [3.8, 4) is 5.75 Å². The maximum atomic E-state index is 11.9. The van der Waals surface area contributed by atoms with Gasteiger partial charge in [0.15, 0.2) is 6.61 Å². The molecular weight excluding hydrogens is 308 g/mol. The van der Waals surface area contributed by atoms with Crippen LogP contribution in [0.25, 0.3) is 0 Å². The Morgan fingerprint density at radius 1 is 1.29 bits per heavy atom. The zero-order valence-corrected chi connectivity index (χ0v) is 14.6. The van der Waals surface area contributed by atoms with Gasteiger partial charge in [-0.3, -0.25) is 9.59 Å². The van der Waals surface area contributed by atoms with Gasteiger partial charge in [0, 0.05) is 30.8 Å². The Kier molecular flexibility index (Phi) is 6.20.